The molecule has 16 heavy (non-hydrogen) atoms. The fourth-order valence-electron chi connectivity index (χ4n) is 1.65. The summed E-state index contributed by atoms with van der Waals surface area (Å²) in [5, 5.41) is 3.20. The van der Waals surface area contributed by atoms with E-state index in [1.165, 1.54) is 0 Å². The third kappa shape index (κ3) is 2.20. The number of anilines is 1. The highest BCUT2D eigenvalue weighted by Crippen LogP contribution is 2.17. The highest BCUT2D eigenvalue weighted by Gasteiger charge is 2.13. The molecule has 5 heteroatoms. The quantitative estimate of drug-likeness (QED) is 0.710. The Hall–Kier alpha value is -1.88. The molecule has 0 saturated carbocycles. The first-order chi connectivity index (χ1) is 7.81. The highest BCUT2D eigenvalue weighted by molar-refractivity contribution is 5.39. The van der Waals surface area contributed by atoms with Crippen molar-refractivity contribution in [1.29, 1.82) is 0 Å². The first-order valence-electron chi connectivity index (χ1n) is 5.17. The summed E-state index contributed by atoms with van der Waals surface area (Å²) in [6.07, 6.45) is 6.02. The molecule has 0 fully saturated rings. The van der Waals surface area contributed by atoms with Gasteiger partial charge in [0.05, 0.1) is 6.04 Å². The minimum atomic E-state index is 0.126. The average molecular weight is 217 g/mol. The van der Waals surface area contributed by atoms with Crippen molar-refractivity contribution in [3.63, 3.8) is 0 Å². The predicted molar refractivity (Wildman–Crippen MR) is 62.7 cm³/mol. The summed E-state index contributed by atoms with van der Waals surface area (Å²) < 4.78 is 0. The van der Waals surface area contributed by atoms with Crippen LogP contribution in [0.5, 0.6) is 0 Å². The van der Waals surface area contributed by atoms with E-state index < -0.39 is 0 Å². The van der Waals surface area contributed by atoms with E-state index in [0.29, 0.717) is 5.82 Å². The number of H-pyrrole nitrogens is 1. The van der Waals surface area contributed by atoms with Crippen molar-refractivity contribution in [2.24, 2.45) is 0 Å². The number of nitrogens with one attached hydrogen (secondary N) is 2. The second-order valence-electron chi connectivity index (χ2n) is 3.57. The molecule has 2 aromatic rings. The molecular weight excluding hydrogens is 202 g/mol. The van der Waals surface area contributed by atoms with Crippen LogP contribution < -0.4 is 11.1 Å². The Labute approximate surface area is 94.1 Å². The number of nitrogens with two attached hydrogens (primary N) is 1. The van der Waals surface area contributed by atoms with Crippen LogP contribution in [0.1, 0.15) is 17.4 Å². The van der Waals surface area contributed by atoms with E-state index in [4.69, 9.17) is 5.73 Å². The lowest BCUT2D eigenvalue weighted by molar-refractivity contribution is 0.563. The second-order valence-corrected chi connectivity index (χ2v) is 3.57. The molecule has 4 N–H and O–H groups in total. The maximum Gasteiger partial charge on any atom is 0.126 e. The van der Waals surface area contributed by atoms with Crippen LogP contribution in [0.4, 0.5) is 5.82 Å². The topological polar surface area (TPSA) is 79.6 Å². The highest BCUT2D eigenvalue weighted by atomic mass is 15.0. The zero-order valence-electron chi connectivity index (χ0n) is 9.14. The van der Waals surface area contributed by atoms with Crippen LogP contribution >= 0.6 is 0 Å². The number of aromatic nitrogens is 3. The maximum atomic E-state index is 5.81. The molecule has 0 radical (unpaired) electrons. The number of pyridine rings is 1. The van der Waals surface area contributed by atoms with E-state index >= 15 is 0 Å². The fourth-order valence-corrected chi connectivity index (χ4v) is 1.65. The number of hydrogen-bond acceptors (Lipinski definition) is 4. The molecule has 2 rings (SSSR count). The van der Waals surface area contributed by atoms with Gasteiger partial charge in [0.2, 0.25) is 0 Å². The van der Waals surface area contributed by atoms with Gasteiger partial charge in [-0.2, -0.15) is 0 Å². The van der Waals surface area contributed by atoms with Crippen molar-refractivity contribution < 1.29 is 0 Å². The first-order valence-corrected chi connectivity index (χ1v) is 5.17. The van der Waals surface area contributed by atoms with Crippen LogP contribution in [-0.4, -0.2) is 22.0 Å². The Balaban J connectivity index is 2.17. The van der Waals surface area contributed by atoms with Crippen molar-refractivity contribution in [1.82, 2.24) is 20.3 Å². The van der Waals surface area contributed by atoms with Gasteiger partial charge in [0, 0.05) is 18.6 Å². The van der Waals surface area contributed by atoms with Crippen molar-refractivity contribution >= 4 is 5.82 Å². The number of aromatic amines is 1. The van der Waals surface area contributed by atoms with Gasteiger partial charge in [0.1, 0.15) is 11.6 Å². The zero-order chi connectivity index (χ0) is 11.4. The Kier molecular flexibility index (Phi) is 3.16. The Morgan fingerprint density at radius 2 is 2.31 bits per heavy atom. The maximum absolute atomic E-state index is 5.81. The molecule has 0 aromatic carbocycles. The zero-order valence-corrected chi connectivity index (χ0v) is 9.14. The van der Waals surface area contributed by atoms with Crippen LogP contribution in [0.3, 0.4) is 0 Å². The molecule has 0 bridgehead atoms. The number of rotatable bonds is 4. The number of imidazole rings is 1. The summed E-state index contributed by atoms with van der Waals surface area (Å²) in [6.45, 7) is 0. The molecule has 0 amide bonds. The van der Waals surface area contributed by atoms with E-state index in [-0.39, 0.29) is 6.04 Å². The molecule has 0 aliphatic heterocycles. The van der Waals surface area contributed by atoms with Crippen LogP contribution in [-0.2, 0) is 6.42 Å². The summed E-state index contributed by atoms with van der Waals surface area (Å²) in [4.78, 5) is 11.4. The van der Waals surface area contributed by atoms with Crippen LogP contribution in [0, 0.1) is 0 Å². The van der Waals surface area contributed by atoms with Gasteiger partial charge in [-0.25, -0.2) is 9.97 Å². The lowest BCUT2D eigenvalue weighted by Gasteiger charge is -2.14. The van der Waals surface area contributed by atoms with E-state index in [1.54, 1.807) is 12.4 Å². The summed E-state index contributed by atoms with van der Waals surface area (Å²) in [5.41, 5.74) is 6.83. The normalized spacial score (nSPS) is 12.6. The number of nitrogen functional groups attached to an aromatic ring is 1. The molecule has 0 saturated heterocycles. The molecular formula is C11H15N5. The molecule has 0 aliphatic rings. The molecule has 84 valence electrons. The van der Waals surface area contributed by atoms with Crippen LogP contribution in [0.25, 0.3) is 0 Å². The predicted octanol–water partition coefficient (Wildman–Crippen LogP) is 0.890. The Morgan fingerprint density at radius 3 is 2.94 bits per heavy atom. The van der Waals surface area contributed by atoms with Gasteiger partial charge >= 0.3 is 0 Å². The Bertz CT molecular complexity index is 437. The number of likely N-dealkylation sites (N-methyl/N-ethyl adjacent to an activating group) is 1. The molecule has 0 spiro atoms. The van der Waals surface area contributed by atoms with E-state index in [0.717, 1.165) is 17.8 Å². The Morgan fingerprint density at radius 1 is 1.44 bits per heavy atom. The van der Waals surface area contributed by atoms with Gasteiger partial charge in [-0.05, 0) is 25.1 Å². The summed E-state index contributed by atoms with van der Waals surface area (Å²) >= 11 is 0. The SMILES string of the molecule is CNC(Cc1cccnc1N)c1ncc[nH]1. The van der Waals surface area contributed by atoms with E-state index in [1.807, 2.05) is 25.4 Å². The summed E-state index contributed by atoms with van der Waals surface area (Å²) in [5.74, 6) is 1.49. The van der Waals surface area contributed by atoms with Crippen molar-refractivity contribution in [3.05, 3.63) is 42.1 Å². The van der Waals surface area contributed by atoms with Crippen LogP contribution in [0.2, 0.25) is 0 Å². The number of nitrogens with zero attached hydrogens (tertiary/aromatic N) is 2. The summed E-state index contributed by atoms with van der Waals surface area (Å²) in [6, 6.07) is 4.00. The smallest absolute Gasteiger partial charge is 0.126 e. The third-order valence-electron chi connectivity index (χ3n) is 2.55. The van der Waals surface area contributed by atoms with Gasteiger partial charge in [-0.1, -0.05) is 6.07 Å². The monoisotopic (exact) mass is 217 g/mol. The number of hydrogen-bond donors (Lipinski definition) is 3. The largest absolute Gasteiger partial charge is 0.383 e. The molecule has 2 heterocycles. The van der Waals surface area contributed by atoms with E-state index in [2.05, 4.69) is 20.3 Å². The third-order valence-corrected chi connectivity index (χ3v) is 2.55. The van der Waals surface area contributed by atoms with Crippen molar-refractivity contribution in [2.75, 3.05) is 12.8 Å². The van der Waals surface area contributed by atoms with Gasteiger partial charge in [-0.3, -0.25) is 0 Å². The van der Waals surface area contributed by atoms with Gasteiger partial charge < -0.3 is 16.0 Å². The standard InChI is InChI=1S/C11H15N5/c1-13-9(11-15-5-6-16-11)7-8-3-2-4-14-10(8)12/h2-6,9,13H,7H2,1H3,(H2,12,14)(H,15,16). The lowest BCUT2D eigenvalue weighted by Crippen LogP contribution is -2.20. The first kappa shape index (κ1) is 10.6. The van der Waals surface area contributed by atoms with Gasteiger partial charge in [0.15, 0.2) is 0 Å². The van der Waals surface area contributed by atoms with Crippen molar-refractivity contribution in [2.45, 2.75) is 12.5 Å². The molecule has 5 nitrogen and oxygen atoms in total. The molecule has 1 unspecified atom stereocenters. The fraction of sp³-hybridized carbons (Fsp3) is 0.273. The lowest BCUT2D eigenvalue weighted by atomic mass is 10.1. The van der Waals surface area contributed by atoms with E-state index in [9.17, 15) is 0 Å². The average Bonchev–Trinajstić information content (AvgIpc) is 2.81. The summed E-state index contributed by atoms with van der Waals surface area (Å²) in [7, 11) is 1.90. The minimum absolute atomic E-state index is 0.126. The molecule has 0 aliphatic carbocycles. The minimum Gasteiger partial charge on any atom is -0.383 e. The molecule has 1 atom stereocenters. The second kappa shape index (κ2) is 4.76. The van der Waals surface area contributed by atoms with Gasteiger partial charge in [-0.15, -0.1) is 0 Å². The van der Waals surface area contributed by atoms with Gasteiger partial charge in [0.25, 0.3) is 0 Å². The molecule has 2 aromatic heterocycles. The van der Waals surface area contributed by atoms with Crippen LogP contribution in [0.15, 0.2) is 30.7 Å². The van der Waals surface area contributed by atoms with Crippen molar-refractivity contribution in [3.8, 4) is 0 Å².